The maximum atomic E-state index is 13.3. The van der Waals surface area contributed by atoms with Gasteiger partial charge in [-0.15, -0.1) is 0 Å². The highest BCUT2D eigenvalue weighted by atomic mass is 79.9. The molecule has 11 heteroatoms. The van der Waals surface area contributed by atoms with Crippen molar-refractivity contribution in [2.24, 2.45) is 0 Å². The van der Waals surface area contributed by atoms with Crippen LogP contribution in [0.15, 0.2) is 56.1 Å². The molecule has 0 atom stereocenters. The van der Waals surface area contributed by atoms with Gasteiger partial charge in [-0.1, -0.05) is 17.3 Å². The zero-order chi connectivity index (χ0) is 19.7. The van der Waals surface area contributed by atoms with Crippen LogP contribution in [0.1, 0.15) is 16.2 Å². The first-order valence-electron chi connectivity index (χ1n) is 7.82. The summed E-state index contributed by atoms with van der Waals surface area (Å²) < 4.78 is 23.3. The lowest BCUT2D eigenvalue weighted by Crippen LogP contribution is -2.18. The second kappa shape index (κ2) is 7.19. The molecule has 4 rings (SSSR count). The van der Waals surface area contributed by atoms with Gasteiger partial charge in [0.15, 0.2) is 11.5 Å². The van der Waals surface area contributed by atoms with Crippen LogP contribution < -0.4 is 10.6 Å². The SMILES string of the molecule is N=C(Nc1ccc(F)c(Br)c1)c1nonc1NC(=O)c1onc2ccccc12. The van der Waals surface area contributed by atoms with Crippen LogP contribution in [0.4, 0.5) is 15.9 Å². The molecule has 0 fully saturated rings. The van der Waals surface area contributed by atoms with Gasteiger partial charge in [-0.25, -0.2) is 9.02 Å². The van der Waals surface area contributed by atoms with E-state index in [1.165, 1.54) is 18.2 Å². The molecule has 28 heavy (non-hydrogen) atoms. The van der Waals surface area contributed by atoms with Crippen LogP contribution in [0.2, 0.25) is 0 Å². The van der Waals surface area contributed by atoms with Crippen molar-refractivity contribution >= 4 is 50.1 Å². The summed E-state index contributed by atoms with van der Waals surface area (Å²) in [4.78, 5) is 12.5. The van der Waals surface area contributed by atoms with E-state index in [4.69, 9.17) is 9.93 Å². The number of aromatic nitrogens is 3. The maximum Gasteiger partial charge on any atom is 0.296 e. The van der Waals surface area contributed by atoms with E-state index in [1.807, 2.05) is 0 Å². The summed E-state index contributed by atoms with van der Waals surface area (Å²) in [5.41, 5.74) is 0.917. The molecule has 0 spiro atoms. The van der Waals surface area contributed by atoms with E-state index in [2.05, 4.69) is 46.7 Å². The average molecular weight is 445 g/mol. The molecule has 1 amide bonds. The van der Waals surface area contributed by atoms with Crippen molar-refractivity contribution in [2.45, 2.75) is 0 Å². The summed E-state index contributed by atoms with van der Waals surface area (Å²) in [6.07, 6.45) is 0. The zero-order valence-corrected chi connectivity index (χ0v) is 15.4. The topological polar surface area (TPSA) is 130 Å². The molecule has 0 saturated carbocycles. The summed E-state index contributed by atoms with van der Waals surface area (Å²) in [6.45, 7) is 0. The van der Waals surface area contributed by atoms with Gasteiger partial charge < -0.3 is 9.84 Å². The van der Waals surface area contributed by atoms with E-state index in [9.17, 15) is 9.18 Å². The lowest BCUT2D eigenvalue weighted by molar-refractivity contribution is 0.0989. The molecule has 0 aliphatic carbocycles. The summed E-state index contributed by atoms with van der Waals surface area (Å²) in [6, 6.07) is 11.1. The van der Waals surface area contributed by atoms with Gasteiger partial charge in [0.05, 0.1) is 9.86 Å². The molecular formula is C17H10BrFN6O3. The van der Waals surface area contributed by atoms with Gasteiger partial charge in [0.1, 0.15) is 11.3 Å². The molecule has 2 aromatic heterocycles. The number of amides is 1. The molecule has 3 N–H and O–H groups in total. The van der Waals surface area contributed by atoms with Crippen molar-refractivity contribution in [3.63, 3.8) is 0 Å². The quantitative estimate of drug-likeness (QED) is 0.322. The van der Waals surface area contributed by atoms with Gasteiger partial charge in [0.25, 0.3) is 5.91 Å². The summed E-state index contributed by atoms with van der Waals surface area (Å²) in [5.74, 6) is -1.36. The van der Waals surface area contributed by atoms with Crippen LogP contribution in [-0.4, -0.2) is 27.2 Å². The maximum absolute atomic E-state index is 13.3. The highest BCUT2D eigenvalue weighted by Crippen LogP contribution is 2.22. The van der Waals surface area contributed by atoms with E-state index >= 15 is 0 Å². The molecule has 0 unspecified atom stereocenters. The zero-order valence-electron chi connectivity index (χ0n) is 13.9. The van der Waals surface area contributed by atoms with Crippen molar-refractivity contribution in [1.29, 1.82) is 5.41 Å². The fraction of sp³-hybridized carbons (Fsp3) is 0. The van der Waals surface area contributed by atoms with Crippen molar-refractivity contribution in [3.8, 4) is 0 Å². The Labute approximate surface area is 164 Å². The molecule has 2 aromatic carbocycles. The monoisotopic (exact) mass is 444 g/mol. The number of nitrogens with zero attached hydrogens (tertiary/aromatic N) is 3. The summed E-state index contributed by atoms with van der Waals surface area (Å²) >= 11 is 3.07. The van der Waals surface area contributed by atoms with Gasteiger partial charge >= 0.3 is 0 Å². The van der Waals surface area contributed by atoms with Crippen LogP contribution >= 0.6 is 15.9 Å². The van der Waals surface area contributed by atoms with Gasteiger partial charge in [0.2, 0.25) is 11.6 Å². The van der Waals surface area contributed by atoms with E-state index in [-0.39, 0.29) is 27.6 Å². The first kappa shape index (κ1) is 17.8. The lowest BCUT2D eigenvalue weighted by atomic mass is 10.2. The van der Waals surface area contributed by atoms with Crippen molar-refractivity contribution in [1.82, 2.24) is 15.5 Å². The summed E-state index contributed by atoms with van der Waals surface area (Å²) in [7, 11) is 0. The molecule has 4 aromatic rings. The fourth-order valence-electron chi connectivity index (χ4n) is 2.43. The first-order chi connectivity index (χ1) is 13.5. The minimum Gasteiger partial charge on any atom is -0.350 e. The van der Waals surface area contributed by atoms with Crippen molar-refractivity contribution < 1.29 is 18.3 Å². The number of hydrogen-bond donors (Lipinski definition) is 3. The molecule has 0 bridgehead atoms. The Balaban J connectivity index is 1.54. The Morgan fingerprint density at radius 3 is 2.75 bits per heavy atom. The molecule has 2 heterocycles. The van der Waals surface area contributed by atoms with Gasteiger partial charge in [-0.05, 0) is 56.6 Å². The van der Waals surface area contributed by atoms with Crippen LogP contribution in [0.3, 0.4) is 0 Å². The fourth-order valence-corrected chi connectivity index (χ4v) is 2.81. The number of carbonyl (C=O) groups excluding carboxylic acids is 1. The van der Waals surface area contributed by atoms with E-state index in [0.717, 1.165) is 0 Å². The third-order valence-electron chi connectivity index (χ3n) is 3.74. The number of hydrogen-bond acceptors (Lipinski definition) is 7. The Morgan fingerprint density at radius 2 is 1.93 bits per heavy atom. The van der Waals surface area contributed by atoms with Gasteiger partial charge in [0, 0.05) is 5.69 Å². The second-order valence-corrected chi connectivity index (χ2v) is 6.43. The average Bonchev–Trinajstić information content (AvgIpc) is 3.31. The third kappa shape index (κ3) is 3.34. The smallest absolute Gasteiger partial charge is 0.296 e. The Bertz CT molecular complexity index is 1200. The largest absolute Gasteiger partial charge is 0.350 e. The highest BCUT2D eigenvalue weighted by Gasteiger charge is 2.22. The second-order valence-electron chi connectivity index (χ2n) is 5.57. The van der Waals surface area contributed by atoms with E-state index in [0.29, 0.717) is 16.6 Å². The standard InChI is InChI=1S/C17H10BrFN6O3/c18-10-7-8(5-6-11(10)19)21-15(20)13-16(25-28-24-13)22-17(26)14-9-3-1-2-4-12(9)23-27-14/h1-7H,(H2,20,21)(H,22,25,26). The van der Waals surface area contributed by atoms with Crippen LogP contribution in [0.25, 0.3) is 10.9 Å². The molecular weight excluding hydrogens is 435 g/mol. The summed E-state index contributed by atoms with van der Waals surface area (Å²) in [5, 5.41) is 24.9. The van der Waals surface area contributed by atoms with E-state index in [1.54, 1.807) is 24.3 Å². The van der Waals surface area contributed by atoms with Crippen LogP contribution in [0, 0.1) is 11.2 Å². The molecule has 0 radical (unpaired) electrons. The predicted molar refractivity (Wildman–Crippen MR) is 101 cm³/mol. The number of halogens is 2. The number of anilines is 2. The number of fused-ring (bicyclic) bond motifs is 1. The molecule has 0 aliphatic heterocycles. The highest BCUT2D eigenvalue weighted by molar-refractivity contribution is 9.10. The van der Waals surface area contributed by atoms with Crippen molar-refractivity contribution in [3.05, 3.63) is 64.2 Å². The van der Waals surface area contributed by atoms with Gasteiger partial charge in [-0.2, -0.15) is 0 Å². The minimum absolute atomic E-state index is 0.00787. The molecule has 9 nitrogen and oxygen atoms in total. The normalized spacial score (nSPS) is 10.8. The Morgan fingerprint density at radius 1 is 1.11 bits per heavy atom. The van der Waals surface area contributed by atoms with E-state index < -0.39 is 11.7 Å². The van der Waals surface area contributed by atoms with Crippen molar-refractivity contribution in [2.75, 3.05) is 10.6 Å². The lowest BCUT2D eigenvalue weighted by Gasteiger charge is -2.07. The minimum atomic E-state index is -0.622. The number of nitrogens with one attached hydrogen (secondary N) is 3. The Hall–Kier alpha value is -3.60. The molecule has 0 aliphatic rings. The molecule has 140 valence electrons. The molecule has 0 saturated heterocycles. The van der Waals surface area contributed by atoms with Gasteiger partial charge in [-0.3, -0.25) is 15.5 Å². The first-order valence-corrected chi connectivity index (χ1v) is 8.61. The predicted octanol–water partition coefficient (Wildman–Crippen LogP) is 3.80. The number of rotatable bonds is 4. The number of benzene rings is 2. The number of amidine groups is 1. The van der Waals surface area contributed by atoms with Crippen LogP contribution in [0.5, 0.6) is 0 Å². The van der Waals surface area contributed by atoms with Crippen LogP contribution in [-0.2, 0) is 0 Å². The Kier molecular flexibility index (Phi) is 4.57. The number of carbonyl (C=O) groups is 1. The third-order valence-corrected chi connectivity index (χ3v) is 4.34.